The van der Waals surface area contributed by atoms with Crippen LogP contribution in [0.3, 0.4) is 0 Å². The summed E-state index contributed by atoms with van der Waals surface area (Å²) in [5.74, 6) is -0.0220. The largest absolute Gasteiger partial charge is 0.494 e. The molecule has 0 N–H and O–H groups in total. The van der Waals surface area contributed by atoms with Crippen molar-refractivity contribution in [2.45, 2.75) is 32.6 Å². The molecule has 6 heteroatoms. The number of methoxy groups -OCH3 is 1. The van der Waals surface area contributed by atoms with E-state index in [1.54, 1.807) is 11.0 Å². The number of allylic oxidation sites excluding steroid dienone is 1. The SMILES string of the molecule is COc1ccc(C(=O)N2CC=C(c3cc(CC(=O)C4CC4)nc4c3C=CC4)C(C)C2)cc1F. The molecule has 5 nitrogen and oxygen atoms in total. The highest BCUT2D eigenvalue weighted by Gasteiger charge is 2.31. The van der Waals surface area contributed by atoms with Crippen molar-refractivity contribution >= 4 is 23.3 Å². The molecule has 0 bridgehead atoms. The molecule has 1 fully saturated rings. The van der Waals surface area contributed by atoms with E-state index in [4.69, 9.17) is 9.72 Å². The molecule has 2 aromatic rings. The number of carbonyl (C=O) groups excluding carboxylic acids is 2. The van der Waals surface area contributed by atoms with E-state index in [-0.39, 0.29) is 29.3 Å². The first-order chi connectivity index (χ1) is 15.9. The zero-order chi connectivity index (χ0) is 23.1. The van der Waals surface area contributed by atoms with E-state index >= 15 is 0 Å². The summed E-state index contributed by atoms with van der Waals surface area (Å²) in [6.45, 7) is 3.08. The Morgan fingerprint density at radius 2 is 2.06 bits per heavy atom. The van der Waals surface area contributed by atoms with E-state index in [2.05, 4.69) is 31.2 Å². The lowest BCUT2D eigenvalue weighted by molar-refractivity contribution is -0.119. The van der Waals surface area contributed by atoms with Crippen molar-refractivity contribution < 1.29 is 18.7 Å². The second-order valence-electron chi connectivity index (χ2n) is 9.17. The van der Waals surface area contributed by atoms with Crippen LogP contribution in [0.2, 0.25) is 0 Å². The molecule has 170 valence electrons. The number of halogens is 1. The minimum atomic E-state index is -0.544. The average Bonchev–Trinajstić information content (AvgIpc) is 3.56. The van der Waals surface area contributed by atoms with E-state index in [9.17, 15) is 14.0 Å². The van der Waals surface area contributed by atoms with Gasteiger partial charge in [-0.15, -0.1) is 0 Å². The minimum Gasteiger partial charge on any atom is -0.494 e. The molecular weight excluding hydrogens is 419 g/mol. The number of amides is 1. The molecule has 0 saturated heterocycles. The Hall–Kier alpha value is -3.28. The zero-order valence-electron chi connectivity index (χ0n) is 18.9. The Balaban J connectivity index is 1.40. The van der Waals surface area contributed by atoms with Crippen molar-refractivity contribution in [1.82, 2.24) is 9.88 Å². The van der Waals surface area contributed by atoms with Gasteiger partial charge in [-0.3, -0.25) is 14.6 Å². The smallest absolute Gasteiger partial charge is 0.254 e. The van der Waals surface area contributed by atoms with Gasteiger partial charge in [0.2, 0.25) is 0 Å². The summed E-state index contributed by atoms with van der Waals surface area (Å²) in [7, 11) is 1.40. The third-order valence-electron chi connectivity index (χ3n) is 6.73. The van der Waals surface area contributed by atoms with Crippen LogP contribution < -0.4 is 4.74 Å². The maximum atomic E-state index is 14.1. The van der Waals surface area contributed by atoms with Gasteiger partial charge in [-0.2, -0.15) is 0 Å². The van der Waals surface area contributed by atoms with Crippen LogP contribution in [0.25, 0.3) is 11.6 Å². The molecule has 33 heavy (non-hydrogen) atoms. The van der Waals surface area contributed by atoms with E-state index < -0.39 is 5.82 Å². The topological polar surface area (TPSA) is 59.5 Å². The second kappa shape index (κ2) is 8.58. The molecule has 1 atom stereocenters. The number of nitrogens with zero attached hydrogens (tertiary/aromatic N) is 2. The van der Waals surface area contributed by atoms with Crippen molar-refractivity contribution in [1.29, 1.82) is 0 Å². The lowest BCUT2D eigenvalue weighted by Crippen LogP contribution is -2.38. The monoisotopic (exact) mass is 446 g/mol. The van der Waals surface area contributed by atoms with Crippen molar-refractivity contribution in [3.8, 4) is 5.75 Å². The number of fused-ring (bicyclic) bond motifs is 1. The number of aromatic nitrogens is 1. The summed E-state index contributed by atoms with van der Waals surface area (Å²) in [6.07, 6.45) is 9.47. The standard InChI is InChI=1S/C27H27FN2O3/c1-16-15-30(27(32)18-8-9-26(33-2)23(28)12-18)11-10-20(16)22-13-19(14-25(31)17-6-7-17)29-24-5-3-4-21(22)24/h3-4,8-10,12-13,16-17H,5-7,11,14-15H2,1-2H3. The van der Waals surface area contributed by atoms with Gasteiger partial charge in [0.15, 0.2) is 11.6 Å². The molecular formula is C27H27FN2O3. The highest BCUT2D eigenvalue weighted by Crippen LogP contribution is 2.36. The predicted octanol–water partition coefficient (Wildman–Crippen LogP) is 4.50. The summed E-state index contributed by atoms with van der Waals surface area (Å²) in [5, 5.41) is 0. The Labute approximate surface area is 193 Å². The van der Waals surface area contributed by atoms with Crippen LogP contribution in [0.15, 0.2) is 36.4 Å². The minimum absolute atomic E-state index is 0.0956. The molecule has 2 aliphatic carbocycles. The van der Waals surface area contributed by atoms with Crippen LogP contribution in [-0.4, -0.2) is 41.8 Å². The molecule has 1 aliphatic heterocycles. The molecule has 2 heterocycles. The van der Waals surface area contributed by atoms with Crippen molar-refractivity contribution in [3.05, 3.63) is 70.3 Å². The maximum absolute atomic E-state index is 14.1. The van der Waals surface area contributed by atoms with E-state index in [1.165, 1.54) is 24.8 Å². The fraction of sp³-hybridized carbons (Fsp3) is 0.370. The van der Waals surface area contributed by atoms with Crippen LogP contribution >= 0.6 is 0 Å². The summed E-state index contributed by atoms with van der Waals surface area (Å²) >= 11 is 0. The van der Waals surface area contributed by atoms with Crippen LogP contribution in [0.5, 0.6) is 5.75 Å². The van der Waals surface area contributed by atoms with Gasteiger partial charge in [-0.05, 0) is 54.2 Å². The van der Waals surface area contributed by atoms with Crippen LogP contribution in [0, 0.1) is 17.7 Å². The number of carbonyl (C=O) groups is 2. The van der Waals surface area contributed by atoms with Crippen molar-refractivity contribution in [2.75, 3.05) is 20.2 Å². The fourth-order valence-corrected chi connectivity index (χ4v) is 4.79. The Morgan fingerprint density at radius 3 is 2.76 bits per heavy atom. The van der Waals surface area contributed by atoms with Gasteiger partial charge < -0.3 is 9.64 Å². The van der Waals surface area contributed by atoms with Crippen molar-refractivity contribution in [2.24, 2.45) is 11.8 Å². The number of pyridine rings is 1. The predicted molar refractivity (Wildman–Crippen MR) is 124 cm³/mol. The van der Waals surface area contributed by atoms with E-state index in [0.717, 1.165) is 41.8 Å². The molecule has 1 amide bonds. The van der Waals surface area contributed by atoms with Gasteiger partial charge in [0.05, 0.1) is 12.8 Å². The maximum Gasteiger partial charge on any atom is 0.254 e. The molecule has 1 saturated carbocycles. The second-order valence-corrected chi connectivity index (χ2v) is 9.17. The first-order valence-electron chi connectivity index (χ1n) is 11.5. The number of ether oxygens (including phenoxy) is 1. The number of ketones is 1. The van der Waals surface area contributed by atoms with Gasteiger partial charge in [0, 0.05) is 48.7 Å². The summed E-state index contributed by atoms with van der Waals surface area (Å²) < 4.78 is 19.1. The highest BCUT2D eigenvalue weighted by atomic mass is 19.1. The summed E-state index contributed by atoms with van der Waals surface area (Å²) in [5.41, 5.74) is 5.57. The number of Topliss-reactive ketones (excluding diaryl/α,β-unsaturated/α-hetero) is 1. The van der Waals surface area contributed by atoms with Crippen molar-refractivity contribution in [3.63, 3.8) is 0 Å². The van der Waals surface area contributed by atoms with Gasteiger partial charge in [0.25, 0.3) is 5.91 Å². The lowest BCUT2D eigenvalue weighted by atomic mass is 9.87. The number of hydrogen-bond donors (Lipinski definition) is 0. The zero-order valence-corrected chi connectivity index (χ0v) is 18.9. The van der Waals surface area contributed by atoms with Gasteiger partial charge in [-0.25, -0.2) is 4.39 Å². The average molecular weight is 447 g/mol. The summed E-state index contributed by atoms with van der Waals surface area (Å²) in [6, 6.07) is 6.37. The fourth-order valence-electron chi connectivity index (χ4n) is 4.79. The lowest BCUT2D eigenvalue weighted by Gasteiger charge is -2.32. The Bertz CT molecular complexity index is 1200. The number of rotatable bonds is 6. The van der Waals surface area contributed by atoms with Gasteiger partial charge in [0.1, 0.15) is 5.78 Å². The molecule has 5 rings (SSSR count). The number of hydrogen-bond acceptors (Lipinski definition) is 4. The van der Waals surface area contributed by atoms with Crippen LogP contribution in [0.4, 0.5) is 4.39 Å². The van der Waals surface area contributed by atoms with Gasteiger partial charge in [-0.1, -0.05) is 25.2 Å². The highest BCUT2D eigenvalue weighted by molar-refractivity contribution is 5.95. The molecule has 0 spiro atoms. The molecule has 3 aliphatic rings. The van der Waals surface area contributed by atoms with Crippen LogP contribution in [0.1, 0.15) is 52.6 Å². The molecule has 0 radical (unpaired) electrons. The Morgan fingerprint density at radius 1 is 1.24 bits per heavy atom. The quantitative estimate of drug-likeness (QED) is 0.656. The van der Waals surface area contributed by atoms with Crippen LogP contribution in [-0.2, 0) is 17.6 Å². The number of benzene rings is 1. The molecule has 1 aromatic carbocycles. The van der Waals surface area contributed by atoms with E-state index in [0.29, 0.717) is 25.1 Å². The summed E-state index contributed by atoms with van der Waals surface area (Å²) in [4.78, 5) is 31.9. The first-order valence-corrected chi connectivity index (χ1v) is 11.5. The third kappa shape index (κ3) is 4.22. The third-order valence-corrected chi connectivity index (χ3v) is 6.73. The first kappa shape index (κ1) is 21.6. The molecule has 1 unspecified atom stereocenters. The normalized spacial score (nSPS) is 19.3. The van der Waals surface area contributed by atoms with Gasteiger partial charge >= 0.3 is 0 Å². The Kier molecular flexibility index (Phi) is 5.60. The van der Waals surface area contributed by atoms with E-state index in [1.807, 2.05) is 0 Å². The molecule has 1 aromatic heterocycles.